The number of benzene rings is 1. The van der Waals surface area contributed by atoms with Crippen molar-refractivity contribution < 1.29 is 23.7 Å². The van der Waals surface area contributed by atoms with E-state index in [9.17, 15) is 10.1 Å². The lowest BCUT2D eigenvalue weighted by Gasteiger charge is -2.32. The summed E-state index contributed by atoms with van der Waals surface area (Å²) in [6.07, 6.45) is 1.16. The number of fused-ring (bicyclic) bond motifs is 1. The molecule has 0 saturated carbocycles. The largest absolute Gasteiger partial charge is 0.494 e. The van der Waals surface area contributed by atoms with E-state index in [1.807, 2.05) is 52.0 Å². The van der Waals surface area contributed by atoms with Gasteiger partial charge in [-0.05, 0) is 43.6 Å². The maximum atomic E-state index is 10.8. The second kappa shape index (κ2) is 7.12. The summed E-state index contributed by atoms with van der Waals surface area (Å²) in [5.74, 6) is -0.223. The van der Waals surface area contributed by atoms with E-state index in [-0.39, 0.29) is 29.1 Å². The molecule has 0 aliphatic carbocycles. The number of rotatable bonds is 5. The molecule has 1 aromatic heterocycles. The van der Waals surface area contributed by atoms with Gasteiger partial charge in [0.25, 0.3) is 0 Å². The third kappa shape index (κ3) is 3.87. The molecule has 0 N–H and O–H groups in total. The van der Waals surface area contributed by atoms with Gasteiger partial charge in [-0.1, -0.05) is 24.3 Å². The van der Waals surface area contributed by atoms with Crippen LogP contribution in [0.15, 0.2) is 30.5 Å². The Morgan fingerprint density at radius 3 is 2.52 bits per heavy atom. The fourth-order valence-electron chi connectivity index (χ4n) is 3.22. The summed E-state index contributed by atoms with van der Waals surface area (Å²) in [5.41, 5.74) is 1.22. The minimum Gasteiger partial charge on any atom is -0.443 e. The van der Waals surface area contributed by atoms with Crippen molar-refractivity contribution in [3.8, 4) is 6.01 Å². The lowest BCUT2D eigenvalue weighted by atomic mass is 9.79. The molecule has 2 aliphatic rings. The average molecular weight is 401 g/mol. The molecule has 9 nitrogen and oxygen atoms in total. The summed E-state index contributed by atoms with van der Waals surface area (Å²) < 4.78 is 25.1. The van der Waals surface area contributed by atoms with Crippen molar-refractivity contribution in [2.45, 2.75) is 58.2 Å². The summed E-state index contributed by atoms with van der Waals surface area (Å²) in [6.45, 7) is 9.29. The molecule has 154 valence electrons. The van der Waals surface area contributed by atoms with Crippen LogP contribution in [-0.2, 0) is 27.2 Å². The van der Waals surface area contributed by atoms with Gasteiger partial charge in [0.1, 0.15) is 18.9 Å². The highest BCUT2D eigenvalue weighted by Gasteiger charge is 2.51. The molecule has 2 aliphatic heterocycles. The molecule has 1 fully saturated rings. The normalized spacial score (nSPS) is 22.2. The molecular formula is C19H24BN3O6. The van der Waals surface area contributed by atoms with Gasteiger partial charge in [0.2, 0.25) is 0 Å². The first-order valence-electron chi connectivity index (χ1n) is 9.55. The third-order valence-electron chi connectivity index (χ3n) is 5.70. The van der Waals surface area contributed by atoms with Crippen LogP contribution in [0.1, 0.15) is 33.3 Å². The van der Waals surface area contributed by atoms with Crippen molar-refractivity contribution in [3.63, 3.8) is 0 Å². The predicted octanol–water partition coefficient (Wildman–Crippen LogP) is 2.07. The molecule has 0 amide bonds. The molecule has 10 heteroatoms. The van der Waals surface area contributed by atoms with Crippen molar-refractivity contribution in [2.24, 2.45) is 0 Å². The van der Waals surface area contributed by atoms with Crippen LogP contribution in [0.5, 0.6) is 6.01 Å². The molecule has 29 heavy (non-hydrogen) atoms. The van der Waals surface area contributed by atoms with Crippen LogP contribution < -0.4 is 10.2 Å². The van der Waals surface area contributed by atoms with Crippen molar-refractivity contribution in [1.82, 2.24) is 9.55 Å². The van der Waals surface area contributed by atoms with Gasteiger partial charge in [0.05, 0.1) is 24.4 Å². The summed E-state index contributed by atoms with van der Waals surface area (Å²) in [7, 11) is -0.392. The Labute approximate surface area is 169 Å². The average Bonchev–Trinajstić information content (AvgIpc) is 3.18. The quantitative estimate of drug-likeness (QED) is 0.430. The number of nitro groups is 1. The molecular weight excluding hydrogens is 377 g/mol. The Bertz CT molecular complexity index is 895. The standard InChI is InChI=1S/C19H24BN3O6/c1-18(2)19(3,4)29-20(28-18)14-7-5-13(6-8-14)11-26-15-9-22-10-16(23(24)25)21-17(22)27-12-15/h5-8,10,15H,9,11-12H2,1-4H3/t15-/m0/s1. The van der Waals surface area contributed by atoms with Crippen molar-refractivity contribution in [1.29, 1.82) is 0 Å². The van der Waals surface area contributed by atoms with Gasteiger partial charge in [-0.3, -0.25) is 4.57 Å². The SMILES string of the molecule is CC1(C)OB(c2ccc(CO[C@@H]3COc4nc([N+](=O)[O-])cn4C3)cc2)OC1(C)C. The molecule has 1 aromatic carbocycles. The van der Waals surface area contributed by atoms with Gasteiger partial charge in [-0.2, -0.15) is 0 Å². The van der Waals surface area contributed by atoms with Gasteiger partial charge in [0.15, 0.2) is 0 Å². The van der Waals surface area contributed by atoms with Gasteiger partial charge in [0, 0.05) is 4.98 Å². The zero-order valence-electron chi connectivity index (χ0n) is 17.0. The highest BCUT2D eigenvalue weighted by molar-refractivity contribution is 6.62. The highest BCUT2D eigenvalue weighted by Crippen LogP contribution is 2.36. The third-order valence-corrected chi connectivity index (χ3v) is 5.70. The molecule has 1 saturated heterocycles. The summed E-state index contributed by atoms with van der Waals surface area (Å²) >= 11 is 0. The monoisotopic (exact) mass is 401 g/mol. The van der Waals surface area contributed by atoms with Gasteiger partial charge in [-0.25, -0.2) is 0 Å². The van der Waals surface area contributed by atoms with E-state index < -0.39 is 12.0 Å². The van der Waals surface area contributed by atoms with Crippen molar-refractivity contribution in [2.75, 3.05) is 6.61 Å². The molecule has 0 spiro atoms. The molecule has 2 aromatic rings. The van der Waals surface area contributed by atoms with Crippen LogP contribution in [0, 0.1) is 10.1 Å². The molecule has 4 rings (SSSR count). The lowest BCUT2D eigenvalue weighted by Crippen LogP contribution is -2.41. The molecule has 0 unspecified atom stereocenters. The van der Waals surface area contributed by atoms with E-state index in [1.165, 1.54) is 6.20 Å². The van der Waals surface area contributed by atoms with Crippen LogP contribution in [0.25, 0.3) is 0 Å². The maximum Gasteiger partial charge on any atom is 0.494 e. The van der Waals surface area contributed by atoms with E-state index in [0.717, 1.165) is 11.0 Å². The lowest BCUT2D eigenvalue weighted by molar-refractivity contribution is -0.389. The fraction of sp³-hybridized carbons (Fsp3) is 0.526. The van der Waals surface area contributed by atoms with Crippen molar-refractivity contribution >= 4 is 18.4 Å². The highest BCUT2D eigenvalue weighted by atomic mass is 16.7. The van der Waals surface area contributed by atoms with Gasteiger partial charge < -0.3 is 28.9 Å². The first kappa shape index (κ1) is 19.9. The summed E-state index contributed by atoms with van der Waals surface area (Å²) in [6, 6.07) is 8.18. The second-order valence-electron chi connectivity index (χ2n) is 8.36. The van der Waals surface area contributed by atoms with Gasteiger partial charge in [-0.15, -0.1) is 0 Å². The van der Waals surface area contributed by atoms with Crippen LogP contribution in [0.4, 0.5) is 5.82 Å². The summed E-state index contributed by atoms with van der Waals surface area (Å²) in [4.78, 5) is 14.1. The topological polar surface area (TPSA) is 97.9 Å². The number of ether oxygens (including phenoxy) is 2. The second-order valence-corrected chi connectivity index (χ2v) is 8.36. The fourth-order valence-corrected chi connectivity index (χ4v) is 3.22. The minimum atomic E-state index is -0.536. The molecule has 0 radical (unpaired) electrons. The number of nitrogens with zero attached hydrogens (tertiary/aromatic N) is 3. The maximum absolute atomic E-state index is 10.8. The van der Waals surface area contributed by atoms with Crippen LogP contribution in [0.3, 0.4) is 0 Å². The zero-order valence-corrected chi connectivity index (χ0v) is 17.0. The van der Waals surface area contributed by atoms with E-state index in [0.29, 0.717) is 19.8 Å². The minimum absolute atomic E-state index is 0.209. The number of hydrogen-bond acceptors (Lipinski definition) is 7. The van der Waals surface area contributed by atoms with E-state index in [4.69, 9.17) is 18.8 Å². The van der Waals surface area contributed by atoms with Crippen LogP contribution in [0.2, 0.25) is 0 Å². The Hall–Kier alpha value is -2.43. The summed E-state index contributed by atoms with van der Waals surface area (Å²) in [5, 5.41) is 10.8. The predicted molar refractivity (Wildman–Crippen MR) is 105 cm³/mol. The van der Waals surface area contributed by atoms with Crippen molar-refractivity contribution in [3.05, 3.63) is 46.1 Å². The zero-order chi connectivity index (χ0) is 20.8. The first-order valence-corrected chi connectivity index (χ1v) is 9.55. The van der Waals surface area contributed by atoms with Crippen LogP contribution >= 0.6 is 0 Å². The Balaban J connectivity index is 1.34. The molecule has 3 heterocycles. The molecule has 0 bridgehead atoms. The number of hydrogen-bond donors (Lipinski definition) is 0. The first-order chi connectivity index (χ1) is 13.6. The van der Waals surface area contributed by atoms with E-state index >= 15 is 0 Å². The van der Waals surface area contributed by atoms with E-state index in [2.05, 4.69) is 4.98 Å². The van der Waals surface area contributed by atoms with Gasteiger partial charge >= 0.3 is 18.9 Å². The number of imidazole rings is 1. The Morgan fingerprint density at radius 2 is 1.90 bits per heavy atom. The van der Waals surface area contributed by atoms with E-state index in [1.54, 1.807) is 4.57 Å². The Morgan fingerprint density at radius 1 is 1.24 bits per heavy atom. The Kier molecular flexibility index (Phi) is 4.88. The number of aromatic nitrogens is 2. The molecule has 1 atom stereocenters. The van der Waals surface area contributed by atoms with Crippen LogP contribution in [-0.4, -0.2) is 45.5 Å². The smallest absolute Gasteiger partial charge is 0.443 e.